The highest BCUT2D eigenvalue weighted by atomic mass is 35.5. The molecule has 1 heterocycles. The summed E-state index contributed by atoms with van der Waals surface area (Å²) >= 11 is 12.6. The Balaban J connectivity index is 1.53. The van der Waals surface area contributed by atoms with Crippen molar-refractivity contribution in [3.05, 3.63) is 93.3 Å². The van der Waals surface area contributed by atoms with Gasteiger partial charge in [0, 0.05) is 10.6 Å². The Bertz CT molecular complexity index is 1300. The van der Waals surface area contributed by atoms with Gasteiger partial charge in [0.15, 0.2) is 21.6 Å². The summed E-state index contributed by atoms with van der Waals surface area (Å²) in [6.07, 6.45) is 1.79. The summed E-state index contributed by atoms with van der Waals surface area (Å²) in [6, 6.07) is 19.8. The molecule has 3 aromatic carbocycles. The molecule has 1 saturated heterocycles. The molecule has 1 aliphatic heterocycles. The molecular weight excluding hydrogens is 502 g/mol. The first-order valence-electron chi connectivity index (χ1n) is 10.9. The summed E-state index contributed by atoms with van der Waals surface area (Å²) in [5, 5.41) is 0.673. The molecule has 0 aliphatic carbocycles. The second-order valence-corrected chi connectivity index (χ2v) is 9.79. The zero-order chi connectivity index (χ0) is 24.9. The lowest BCUT2D eigenvalue weighted by molar-refractivity contribution is -0.113. The van der Waals surface area contributed by atoms with Gasteiger partial charge in [-0.15, -0.1) is 0 Å². The van der Waals surface area contributed by atoms with E-state index in [0.717, 1.165) is 11.1 Å². The number of thiocarbonyl (C=S) groups is 1. The number of ether oxygens (including phenoxy) is 2. The molecule has 1 fully saturated rings. The number of nitrogens with zero attached hydrogens (tertiary/aromatic N) is 1. The van der Waals surface area contributed by atoms with E-state index in [1.165, 1.54) is 23.6 Å². The lowest BCUT2D eigenvalue weighted by atomic mass is 10.1. The van der Waals surface area contributed by atoms with E-state index in [1.54, 1.807) is 30.3 Å². The number of ketones is 1. The van der Waals surface area contributed by atoms with Crippen molar-refractivity contribution in [3.63, 3.8) is 0 Å². The van der Waals surface area contributed by atoms with Crippen molar-refractivity contribution in [2.24, 2.45) is 0 Å². The van der Waals surface area contributed by atoms with E-state index in [0.29, 0.717) is 50.2 Å². The number of amides is 1. The quantitative estimate of drug-likeness (QED) is 0.181. The molecule has 178 valence electrons. The number of Topliss-reactive ketones (excluding diaryl/α,β-unsaturated/α-hetero) is 1. The standard InChI is InChI=1S/C27H22ClNO4S2/c1-3-32-24-14-19(6-13-23(24)33-16-18-4-9-21(28)10-5-18)15-25-26(31)29(27(34)35-25)22-11-7-20(8-12-22)17(2)30/h4-15H,3,16H2,1-2H3/b25-15-. The van der Waals surface area contributed by atoms with Crippen LogP contribution in [0.5, 0.6) is 11.5 Å². The van der Waals surface area contributed by atoms with Gasteiger partial charge >= 0.3 is 0 Å². The maximum atomic E-state index is 13.1. The minimum absolute atomic E-state index is 0.0347. The second kappa shape index (κ2) is 11.1. The molecule has 0 radical (unpaired) electrons. The van der Waals surface area contributed by atoms with Crippen molar-refractivity contribution < 1.29 is 19.1 Å². The first-order chi connectivity index (χ1) is 16.9. The van der Waals surface area contributed by atoms with Gasteiger partial charge in [-0.05, 0) is 79.6 Å². The highest BCUT2D eigenvalue weighted by molar-refractivity contribution is 8.27. The minimum Gasteiger partial charge on any atom is -0.490 e. The monoisotopic (exact) mass is 523 g/mol. The predicted molar refractivity (Wildman–Crippen MR) is 145 cm³/mol. The normalized spacial score (nSPS) is 14.5. The van der Waals surface area contributed by atoms with Crippen LogP contribution in [0.25, 0.3) is 6.08 Å². The van der Waals surface area contributed by atoms with Gasteiger partial charge in [0.1, 0.15) is 6.61 Å². The molecule has 4 rings (SSSR count). The van der Waals surface area contributed by atoms with Gasteiger partial charge in [0.25, 0.3) is 5.91 Å². The zero-order valence-corrected chi connectivity index (χ0v) is 21.5. The zero-order valence-electron chi connectivity index (χ0n) is 19.1. The Morgan fingerprint density at radius 2 is 1.74 bits per heavy atom. The van der Waals surface area contributed by atoms with E-state index in [2.05, 4.69) is 0 Å². The smallest absolute Gasteiger partial charge is 0.270 e. The topological polar surface area (TPSA) is 55.8 Å². The molecule has 0 aromatic heterocycles. The first kappa shape index (κ1) is 25.0. The van der Waals surface area contributed by atoms with Gasteiger partial charge in [-0.2, -0.15) is 0 Å². The van der Waals surface area contributed by atoms with Crippen LogP contribution in [0, 0.1) is 0 Å². The summed E-state index contributed by atoms with van der Waals surface area (Å²) in [7, 11) is 0. The van der Waals surface area contributed by atoms with Crippen LogP contribution in [0.4, 0.5) is 5.69 Å². The van der Waals surface area contributed by atoms with Crippen LogP contribution in [-0.4, -0.2) is 22.6 Å². The minimum atomic E-state index is -0.211. The summed E-state index contributed by atoms with van der Waals surface area (Å²) in [5.74, 6) is 0.951. The van der Waals surface area contributed by atoms with Crippen molar-refractivity contribution in [2.45, 2.75) is 20.5 Å². The molecule has 0 bridgehead atoms. The molecule has 1 amide bonds. The van der Waals surface area contributed by atoms with E-state index >= 15 is 0 Å². The molecule has 0 N–H and O–H groups in total. The van der Waals surface area contributed by atoms with Crippen LogP contribution in [0.2, 0.25) is 5.02 Å². The van der Waals surface area contributed by atoms with Crippen LogP contribution in [0.15, 0.2) is 71.6 Å². The van der Waals surface area contributed by atoms with Crippen molar-refractivity contribution in [1.82, 2.24) is 0 Å². The number of carbonyl (C=O) groups is 2. The molecule has 35 heavy (non-hydrogen) atoms. The molecule has 0 unspecified atom stereocenters. The molecule has 0 saturated carbocycles. The molecular formula is C27H22ClNO4S2. The fraction of sp³-hybridized carbons (Fsp3) is 0.148. The highest BCUT2D eigenvalue weighted by Gasteiger charge is 2.33. The Hall–Kier alpha value is -3.13. The highest BCUT2D eigenvalue weighted by Crippen LogP contribution is 2.37. The summed E-state index contributed by atoms with van der Waals surface area (Å²) < 4.78 is 12.2. The van der Waals surface area contributed by atoms with Crippen LogP contribution in [0.3, 0.4) is 0 Å². The van der Waals surface area contributed by atoms with Crippen molar-refractivity contribution in [3.8, 4) is 11.5 Å². The number of halogens is 1. The SMILES string of the molecule is CCOc1cc(/C=C2\SC(=S)N(c3ccc(C(C)=O)cc3)C2=O)ccc1OCc1ccc(Cl)cc1. The van der Waals surface area contributed by atoms with Gasteiger partial charge in [-0.3, -0.25) is 14.5 Å². The number of carbonyl (C=O) groups excluding carboxylic acids is 2. The summed E-state index contributed by atoms with van der Waals surface area (Å²) in [5.41, 5.74) is 2.99. The van der Waals surface area contributed by atoms with Crippen LogP contribution >= 0.6 is 35.6 Å². The Kier molecular flexibility index (Phi) is 7.90. The van der Waals surface area contributed by atoms with Crippen molar-refractivity contribution in [1.29, 1.82) is 0 Å². The van der Waals surface area contributed by atoms with Crippen LogP contribution in [0.1, 0.15) is 35.3 Å². The molecule has 0 atom stereocenters. The van der Waals surface area contributed by atoms with Gasteiger partial charge < -0.3 is 9.47 Å². The predicted octanol–water partition coefficient (Wildman–Crippen LogP) is 6.93. The fourth-order valence-electron chi connectivity index (χ4n) is 3.43. The molecule has 3 aromatic rings. The van der Waals surface area contributed by atoms with E-state index in [-0.39, 0.29) is 11.7 Å². The third-order valence-electron chi connectivity index (χ3n) is 5.20. The molecule has 1 aliphatic rings. The van der Waals surface area contributed by atoms with E-state index in [4.69, 9.17) is 33.3 Å². The van der Waals surface area contributed by atoms with Gasteiger partial charge in [-0.25, -0.2) is 0 Å². The maximum absolute atomic E-state index is 13.1. The molecule has 5 nitrogen and oxygen atoms in total. The van der Waals surface area contributed by atoms with Crippen molar-refractivity contribution >= 4 is 63.4 Å². The van der Waals surface area contributed by atoms with E-state index < -0.39 is 0 Å². The Morgan fingerprint density at radius 3 is 2.40 bits per heavy atom. The van der Waals surface area contributed by atoms with Crippen LogP contribution < -0.4 is 14.4 Å². The summed E-state index contributed by atoms with van der Waals surface area (Å²) in [6.45, 7) is 4.25. The Morgan fingerprint density at radius 1 is 1.03 bits per heavy atom. The number of benzene rings is 3. The van der Waals surface area contributed by atoms with Crippen LogP contribution in [-0.2, 0) is 11.4 Å². The average Bonchev–Trinajstić information content (AvgIpc) is 3.12. The lowest BCUT2D eigenvalue weighted by Crippen LogP contribution is -2.27. The molecule has 8 heteroatoms. The average molecular weight is 524 g/mol. The van der Waals surface area contributed by atoms with Gasteiger partial charge in [0.05, 0.1) is 17.2 Å². The first-order valence-corrected chi connectivity index (χ1v) is 12.5. The van der Waals surface area contributed by atoms with Gasteiger partial charge in [0.2, 0.25) is 0 Å². The fourth-order valence-corrected chi connectivity index (χ4v) is 4.86. The molecule has 0 spiro atoms. The lowest BCUT2D eigenvalue weighted by Gasteiger charge is -2.14. The van der Waals surface area contributed by atoms with Gasteiger partial charge in [-0.1, -0.05) is 53.8 Å². The largest absolute Gasteiger partial charge is 0.490 e. The second-order valence-electron chi connectivity index (χ2n) is 7.67. The third kappa shape index (κ3) is 5.93. The number of hydrogen-bond acceptors (Lipinski definition) is 6. The third-order valence-corrected chi connectivity index (χ3v) is 6.75. The van der Waals surface area contributed by atoms with Crippen molar-refractivity contribution in [2.75, 3.05) is 11.5 Å². The van der Waals surface area contributed by atoms with E-state index in [9.17, 15) is 9.59 Å². The summed E-state index contributed by atoms with van der Waals surface area (Å²) in [4.78, 5) is 26.6. The number of rotatable bonds is 8. The van der Waals surface area contributed by atoms with E-state index in [1.807, 2.05) is 49.4 Å². The maximum Gasteiger partial charge on any atom is 0.270 e. The number of anilines is 1. The Labute approximate surface area is 218 Å². The number of hydrogen-bond donors (Lipinski definition) is 0. The number of thioether (sulfide) groups is 1.